The Kier molecular flexibility index (Phi) is 11.5. The highest BCUT2D eigenvalue weighted by Gasteiger charge is 2.56. The molecule has 21 nitrogen and oxygen atoms in total. The minimum Gasteiger partial charge on any atom is -0.508 e. The number of phosphoric acid groups is 1. The number of carbonyl (C=O) groups is 2. The number of esters is 1. The van der Waals surface area contributed by atoms with Gasteiger partial charge in [-0.05, 0) is 53.3 Å². The van der Waals surface area contributed by atoms with Crippen molar-refractivity contribution in [3.8, 4) is 11.5 Å². The molecule has 314 valence electrons. The highest BCUT2D eigenvalue weighted by atomic mass is 32.7. The molecule has 0 saturated carbocycles. The van der Waals surface area contributed by atoms with Crippen LogP contribution in [0.2, 0.25) is 0 Å². The summed E-state index contributed by atoms with van der Waals surface area (Å²) in [5.41, 5.74) is 6.72. The molecule has 6 heterocycles. The molecule has 6 N–H and O–H groups in total. The number of nitrogens with two attached hydrogens (primary N) is 1. The normalized spacial score (nSPS) is 33.7. The first-order valence-electron chi connectivity index (χ1n) is 17.5. The quantitative estimate of drug-likeness (QED) is 0.101. The molecule has 4 aliphatic heterocycles. The predicted molar refractivity (Wildman–Crippen MR) is 197 cm³/mol. The lowest BCUT2D eigenvalue weighted by molar-refractivity contribution is -0.151. The maximum atomic E-state index is 16.4. The maximum absolute atomic E-state index is 16.4. The number of hydrogen-bond donors (Lipinski definition) is 5. The lowest BCUT2D eigenvalue weighted by Gasteiger charge is -2.37. The summed E-state index contributed by atoms with van der Waals surface area (Å²) in [5.74, 6) is -1.43. The number of imidazole rings is 1. The molecule has 2 aromatic heterocycles. The number of alkyl halides is 2. The van der Waals surface area contributed by atoms with Crippen molar-refractivity contribution >= 4 is 54.9 Å². The number of phenols is 1. The van der Waals surface area contributed by atoms with E-state index in [9.17, 15) is 33.8 Å². The van der Waals surface area contributed by atoms with Crippen molar-refractivity contribution in [1.29, 1.82) is 0 Å². The SMILES string of the molecule is Nc1ncnc2c1ncn2[C@@H]1O[C@@H]2CO[P@](=O)(SCc3ccc(OC(=O)c4ccc(O)cc4)cc3)O[C@@H]3[C@H](F)[C@@H](COP(=O)(O)O[C@H]2[C@H]1F)O[C@H]3N1C=CC(=O)NC1O. The number of carbonyl (C=O) groups excluding carboxylic acids is 2. The average Bonchev–Trinajstić information content (AvgIpc) is 3.86. The Morgan fingerprint density at radius 3 is 2.44 bits per heavy atom. The Labute approximate surface area is 335 Å². The van der Waals surface area contributed by atoms with Gasteiger partial charge in [0.25, 0.3) is 0 Å². The van der Waals surface area contributed by atoms with Gasteiger partial charge in [0.05, 0.1) is 25.1 Å². The van der Waals surface area contributed by atoms with E-state index in [1.54, 1.807) is 0 Å². The topological polar surface area (TPSA) is 278 Å². The molecule has 26 heteroatoms. The molecule has 3 saturated heterocycles. The van der Waals surface area contributed by atoms with E-state index in [1.807, 2.05) is 0 Å². The Hall–Kier alpha value is -4.58. The third-order valence-electron chi connectivity index (χ3n) is 9.37. The summed E-state index contributed by atoms with van der Waals surface area (Å²) >= 11 is 0.570. The summed E-state index contributed by atoms with van der Waals surface area (Å²) in [6.45, 7) is -6.48. The number of ether oxygens (including phenoxy) is 3. The van der Waals surface area contributed by atoms with Crippen molar-refractivity contribution in [2.75, 3.05) is 18.9 Å². The van der Waals surface area contributed by atoms with Gasteiger partial charge in [0.15, 0.2) is 36.3 Å². The number of nitrogens with zero attached hydrogens (tertiary/aromatic N) is 5. The molecular formula is C33H33F2N7O14P2S. The zero-order valence-electron chi connectivity index (χ0n) is 30.0. The minimum absolute atomic E-state index is 0.0198. The van der Waals surface area contributed by atoms with E-state index in [1.165, 1.54) is 48.5 Å². The average molecular weight is 884 g/mol. The summed E-state index contributed by atoms with van der Waals surface area (Å²) in [6.07, 6.45) is -12.3. The standard InChI is InChI=1S/C33H33F2N7O14P2S/c34-23-20-11-50-57(47,48)55-26-21(54-30(24(26)35)42-15-39-25-28(36)37-14-38-29(25)42)12-51-58(49,56-27(23)31(53-20)41-10-9-22(44)40-33(41)46)59-13-16-1-7-19(8-2-16)52-32(45)17-3-5-18(43)6-4-17/h1-10,14-15,20-21,23-24,26-27,30-31,33,43,46H,11-13H2,(H,40,44)(H,47,48)(H2,36,37,38)/t20-,21-,23-,24-,26-,27-,30-,31-,33?,58+/m1/s1. The highest BCUT2D eigenvalue weighted by molar-refractivity contribution is 8.54. The van der Waals surface area contributed by atoms with Crippen LogP contribution in [0.15, 0.2) is 73.5 Å². The van der Waals surface area contributed by atoms with Crippen LogP contribution in [0.25, 0.3) is 11.2 Å². The number of phenolic OH excluding ortho intramolecular Hbond substituents is 1. The lowest BCUT2D eigenvalue weighted by Crippen LogP contribution is -2.55. The second-order valence-electron chi connectivity index (χ2n) is 13.2. The van der Waals surface area contributed by atoms with Gasteiger partial charge in [0.1, 0.15) is 47.8 Å². The maximum Gasteiger partial charge on any atom is 0.472 e. The number of aromatic hydroxyl groups is 1. The number of phosphoric ester groups is 1. The van der Waals surface area contributed by atoms with Crippen LogP contribution in [0.4, 0.5) is 14.6 Å². The van der Waals surface area contributed by atoms with Crippen LogP contribution in [-0.4, -0.2) is 114 Å². The fourth-order valence-electron chi connectivity index (χ4n) is 6.46. The zero-order valence-corrected chi connectivity index (χ0v) is 32.6. The van der Waals surface area contributed by atoms with E-state index in [-0.39, 0.29) is 39.8 Å². The molecule has 4 aromatic rings. The second-order valence-corrected chi connectivity index (χ2v) is 18.7. The van der Waals surface area contributed by atoms with Gasteiger partial charge in [0.2, 0.25) is 12.3 Å². The summed E-state index contributed by atoms with van der Waals surface area (Å²) in [5, 5.41) is 22.3. The van der Waals surface area contributed by atoms with Crippen molar-refractivity contribution in [3.63, 3.8) is 0 Å². The number of rotatable bonds is 7. The summed E-state index contributed by atoms with van der Waals surface area (Å²) in [6, 6.07) is 11.4. The van der Waals surface area contributed by atoms with Crippen LogP contribution in [0.1, 0.15) is 22.1 Å². The molecule has 2 bridgehead atoms. The van der Waals surface area contributed by atoms with Gasteiger partial charge in [-0.15, -0.1) is 0 Å². The number of aromatic nitrogens is 4. The van der Waals surface area contributed by atoms with E-state index in [2.05, 4.69) is 20.3 Å². The molecule has 0 aliphatic carbocycles. The van der Waals surface area contributed by atoms with Gasteiger partial charge in [-0.2, -0.15) is 0 Å². The van der Waals surface area contributed by atoms with Crippen LogP contribution < -0.4 is 15.8 Å². The van der Waals surface area contributed by atoms with Crippen LogP contribution in [-0.2, 0) is 47.2 Å². The third-order valence-corrected chi connectivity index (χ3v) is 14.0. The minimum atomic E-state index is -5.25. The van der Waals surface area contributed by atoms with E-state index in [0.717, 1.165) is 34.4 Å². The number of fused-ring (bicyclic) bond motifs is 4. The van der Waals surface area contributed by atoms with Crippen molar-refractivity contribution < 1.29 is 74.9 Å². The number of amides is 1. The number of aliphatic hydroxyl groups excluding tert-OH is 1. The molecule has 3 fully saturated rings. The molecule has 59 heavy (non-hydrogen) atoms. The fraction of sp³-hybridized carbons (Fsp3) is 0.364. The van der Waals surface area contributed by atoms with Gasteiger partial charge < -0.3 is 45.3 Å². The lowest BCUT2D eigenvalue weighted by atomic mass is 10.1. The van der Waals surface area contributed by atoms with Gasteiger partial charge >= 0.3 is 20.6 Å². The monoisotopic (exact) mass is 883 g/mol. The number of hydrogen-bond acceptors (Lipinski definition) is 19. The first kappa shape index (κ1) is 41.2. The smallest absolute Gasteiger partial charge is 0.472 e. The fourth-order valence-corrected chi connectivity index (χ4v) is 10.8. The number of nitrogen functional groups attached to an aromatic ring is 1. The molecule has 2 unspecified atom stereocenters. The van der Waals surface area contributed by atoms with Crippen LogP contribution in [0, 0.1) is 0 Å². The number of halogens is 2. The second kappa shape index (κ2) is 16.5. The number of benzene rings is 2. The van der Waals surface area contributed by atoms with Crippen molar-refractivity contribution in [2.24, 2.45) is 0 Å². The largest absolute Gasteiger partial charge is 0.508 e. The van der Waals surface area contributed by atoms with E-state index >= 15 is 8.78 Å². The summed E-state index contributed by atoms with van der Waals surface area (Å²) < 4.78 is 101. The van der Waals surface area contributed by atoms with Crippen molar-refractivity contribution in [3.05, 3.63) is 84.6 Å². The Morgan fingerprint density at radius 1 is 0.966 bits per heavy atom. The third kappa shape index (κ3) is 8.70. The van der Waals surface area contributed by atoms with Crippen molar-refractivity contribution in [2.45, 2.75) is 61.3 Å². The van der Waals surface area contributed by atoms with Crippen LogP contribution in [0.5, 0.6) is 11.5 Å². The Balaban J connectivity index is 1.07. The molecule has 1 amide bonds. The molecule has 4 aliphatic rings. The first-order chi connectivity index (χ1) is 28.2. The van der Waals surface area contributed by atoms with E-state index in [4.69, 9.17) is 38.0 Å². The highest BCUT2D eigenvalue weighted by Crippen LogP contribution is 2.64. The van der Waals surface area contributed by atoms with Gasteiger partial charge in [0, 0.05) is 18.0 Å². The number of anilines is 1. The van der Waals surface area contributed by atoms with Crippen molar-refractivity contribution in [1.82, 2.24) is 29.7 Å². The molecule has 11 atom stereocenters. The van der Waals surface area contributed by atoms with E-state index in [0.29, 0.717) is 16.9 Å². The molecule has 2 aromatic carbocycles. The molecular weight excluding hydrogens is 850 g/mol. The van der Waals surface area contributed by atoms with Gasteiger partial charge in [-0.25, -0.2) is 37.7 Å². The first-order valence-corrected chi connectivity index (χ1v) is 22.1. The number of aliphatic hydroxyl groups is 1. The zero-order chi connectivity index (χ0) is 41.6. The molecule has 0 spiro atoms. The van der Waals surface area contributed by atoms with E-state index < -0.39 is 95.3 Å². The molecule has 8 rings (SSSR count). The van der Waals surface area contributed by atoms with Gasteiger partial charge in [-0.3, -0.25) is 27.5 Å². The number of nitrogens with one attached hydrogen (secondary N) is 1. The van der Waals surface area contributed by atoms with Crippen LogP contribution in [0.3, 0.4) is 0 Å². The Morgan fingerprint density at radius 2 is 1.69 bits per heavy atom. The summed E-state index contributed by atoms with van der Waals surface area (Å²) in [7, 11) is -5.25. The molecule has 0 radical (unpaired) electrons. The predicted octanol–water partition coefficient (Wildman–Crippen LogP) is 2.81. The van der Waals surface area contributed by atoms with Crippen LogP contribution >= 0.6 is 26.0 Å². The van der Waals surface area contributed by atoms with Gasteiger partial charge in [-0.1, -0.05) is 12.1 Å². The Bertz CT molecular complexity index is 2350. The summed E-state index contributed by atoms with van der Waals surface area (Å²) in [4.78, 5) is 48.2.